The fourth-order valence-corrected chi connectivity index (χ4v) is 1.71. The minimum Gasteiger partial charge on any atom is -0.314 e. The van der Waals surface area contributed by atoms with Gasteiger partial charge in [0.05, 0.1) is 6.20 Å². The Morgan fingerprint density at radius 2 is 2.33 bits per heavy atom. The van der Waals surface area contributed by atoms with Crippen LogP contribution in [0.3, 0.4) is 0 Å². The molecule has 2 aromatic rings. The summed E-state index contributed by atoms with van der Waals surface area (Å²) in [6.45, 7) is 1.87. The van der Waals surface area contributed by atoms with Crippen molar-refractivity contribution >= 4 is 22.3 Å². The van der Waals surface area contributed by atoms with Crippen molar-refractivity contribution in [1.82, 2.24) is 20.0 Å². The van der Waals surface area contributed by atoms with E-state index in [0.29, 0.717) is 16.5 Å². The van der Waals surface area contributed by atoms with Crippen molar-refractivity contribution in [2.24, 2.45) is 7.05 Å². The van der Waals surface area contributed by atoms with E-state index in [0.717, 1.165) is 5.01 Å². The molecule has 2 heterocycles. The summed E-state index contributed by atoms with van der Waals surface area (Å²) < 4.78 is 1.59. The van der Waals surface area contributed by atoms with E-state index in [-0.39, 0.29) is 0 Å². The highest BCUT2D eigenvalue weighted by Crippen LogP contribution is 2.21. The zero-order valence-electron chi connectivity index (χ0n) is 8.22. The Bertz CT molecular complexity index is 519. The summed E-state index contributed by atoms with van der Waals surface area (Å²) in [4.78, 5) is 0. The highest BCUT2D eigenvalue weighted by Gasteiger charge is 2.09. The Morgan fingerprint density at radius 1 is 1.53 bits per heavy atom. The van der Waals surface area contributed by atoms with Crippen LogP contribution >= 0.6 is 11.3 Å². The molecule has 0 bridgehead atoms. The monoisotopic (exact) mass is 220 g/mol. The second-order valence-electron chi connectivity index (χ2n) is 2.89. The first kappa shape index (κ1) is 9.61. The Labute approximate surface area is 90.2 Å². The van der Waals surface area contributed by atoms with E-state index in [4.69, 9.17) is 5.26 Å². The molecular formula is C8H8N6S. The molecule has 2 aromatic heterocycles. The van der Waals surface area contributed by atoms with E-state index in [1.807, 2.05) is 6.92 Å². The summed E-state index contributed by atoms with van der Waals surface area (Å²) in [5.41, 5.74) is 0.491. The van der Waals surface area contributed by atoms with Crippen LogP contribution < -0.4 is 5.32 Å². The fourth-order valence-electron chi connectivity index (χ4n) is 1.12. The number of nitriles is 1. The van der Waals surface area contributed by atoms with Crippen molar-refractivity contribution in [3.8, 4) is 6.07 Å². The highest BCUT2D eigenvalue weighted by molar-refractivity contribution is 7.15. The van der Waals surface area contributed by atoms with Crippen molar-refractivity contribution < 1.29 is 0 Å². The van der Waals surface area contributed by atoms with Gasteiger partial charge in [-0.1, -0.05) is 11.3 Å². The topological polar surface area (TPSA) is 79.4 Å². The van der Waals surface area contributed by atoms with Gasteiger partial charge in [0.1, 0.15) is 22.5 Å². The Kier molecular flexibility index (Phi) is 2.35. The van der Waals surface area contributed by atoms with E-state index in [1.165, 1.54) is 17.5 Å². The first-order valence-corrected chi connectivity index (χ1v) is 5.01. The third-order valence-electron chi connectivity index (χ3n) is 1.81. The number of rotatable bonds is 2. The number of aromatic nitrogens is 4. The van der Waals surface area contributed by atoms with E-state index < -0.39 is 0 Å². The van der Waals surface area contributed by atoms with Gasteiger partial charge < -0.3 is 5.32 Å². The predicted octanol–water partition coefficient (Wildman–Crippen LogP) is 1.20. The van der Waals surface area contributed by atoms with Crippen LogP contribution in [0.25, 0.3) is 0 Å². The highest BCUT2D eigenvalue weighted by atomic mass is 32.1. The van der Waals surface area contributed by atoms with Crippen LogP contribution in [0.5, 0.6) is 0 Å². The molecule has 15 heavy (non-hydrogen) atoms. The lowest BCUT2D eigenvalue weighted by Gasteiger charge is -2.01. The molecule has 0 aliphatic carbocycles. The van der Waals surface area contributed by atoms with Crippen molar-refractivity contribution in [3.05, 3.63) is 16.8 Å². The van der Waals surface area contributed by atoms with Crippen molar-refractivity contribution in [2.75, 3.05) is 5.32 Å². The first-order chi connectivity index (χ1) is 7.20. The minimum absolute atomic E-state index is 0.491. The maximum absolute atomic E-state index is 8.84. The standard InChI is InChI=1S/C8H8N6S/c1-5-12-13-8(15-5)11-7-6(3-9)4-10-14(7)2/h4H,1-2H3,(H,11,13). The van der Waals surface area contributed by atoms with Gasteiger partial charge in [-0.2, -0.15) is 10.4 Å². The molecule has 2 rings (SSSR count). The normalized spacial score (nSPS) is 9.93. The van der Waals surface area contributed by atoms with E-state index in [1.54, 1.807) is 11.7 Å². The molecule has 0 aliphatic heterocycles. The van der Waals surface area contributed by atoms with E-state index >= 15 is 0 Å². The molecule has 76 valence electrons. The Hall–Kier alpha value is -1.94. The maximum Gasteiger partial charge on any atom is 0.211 e. The quantitative estimate of drug-likeness (QED) is 0.822. The molecule has 1 N–H and O–H groups in total. The van der Waals surface area contributed by atoms with Crippen LogP contribution in [0.4, 0.5) is 10.9 Å². The zero-order valence-corrected chi connectivity index (χ0v) is 9.04. The van der Waals surface area contributed by atoms with Crippen LogP contribution in [0.1, 0.15) is 10.6 Å². The predicted molar refractivity (Wildman–Crippen MR) is 55.9 cm³/mol. The molecule has 0 unspecified atom stereocenters. The van der Waals surface area contributed by atoms with Gasteiger partial charge in [0, 0.05) is 7.05 Å². The summed E-state index contributed by atoms with van der Waals surface area (Å²) in [6, 6.07) is 2.05. The van der Waals surface area contributed by atoms with Gasteiger partial charge in [-0.25, -0.2) is 0 Å². The van der Waals surface area contributed by atoms with Gasteiger partial charge in [-0.15, -0.1) is 10.2 Å². The second-order valence-corrected chi connectivity index (χ2v) is 4.08. The first-order valence-electron chi connectivity index (χ1n) is 4.20. The molecule has 0 saturated heterocycles. The number of hydrogen-bond acceptors (Lipinski definition) is 6. The number of hydrogen-bond donors (Lipinski definition) is 1. The molecule has 0 aliphatic rings. The SMILES string of the molecule is Cc1nnc(Nc2c(C#N)cnn2C)s1. The van der Waals surface area contributed by atoms with Gasteiger partial charge in [0.15, 0.2) is 0 Å². The molecule has 0 aromatic carbocycles. The second kappa shape index (κ2) is 3.67. The van der Waals surface area contributed by atoms with Crippen LogP contribution in [-0.2, 0) is 7.05 Å². The smallest absolute Gasteiger partial charge is 0.211 e. The average molecular weight is 220 g/mol. The summed E-state index contributed by atoms with van der Waals surface area (Å²) in [5, 5.41) is 25.2. The summed E-state index contributed by atoms with van der Waals surface area (Å²) in [5.74, 6) is 0.633. The fraction of sp³-hybridized carbons (Fsp3) is 0.250. The van der Waals surface area contributed by atoms with Crippen molar-refractivity contribution in [1.29, 1.82) is 5.26 Å². The van der Waals surface area contributed by atoms with Gasteiger partial charge in [-0.05, 0) is 6.92 Å². The van der Waals surface area contributed by atoms with Gasteiger partial charge in [0.25, 0.3) is 0 Å². The molecule has 0 amide bonds. The summed E-state index contributed by atoms with van der Waals surface area (Å²) in [7, 11) is 1.76. The van der Waals surface area contributed by atoms with E-state index in [9.17, 15) is 0 Å². The minimum atomic E-state index is 0.491. The number of anilines is 2. The van der Waals surface area contributed by atoms with Crippen molar-refractivity contribution in [2.45, 2.75) is 6.92 Å². The molecule has 0 saturated carbocycles. The lowest BCUT2D eigenvalue weighted by molar-refractivity contribution is 0.776. The molecule has 0 fully saturated rings. The number of nitrogens with zero attached hydrogens (tertiary/aromatic N) is 5. The Morgan fingerprint density at radius 3 is 2.93 bits per heavy atom. The van der Waals surface area contributed by atoms with E-state index in [2.05, 4.69) is 26.7 Å². The molecule has 7 heteroatoms. The Balaban J connectivity index is 2.32. The van der Waals surface area contributed by atoms with Crippen LogP contribution in [0.2, 0.25) is 0 Å². The molecule has 0 atom stereocenters. The molecule has 0 spiro atoms. The zero-order chi connectivity index (χ0) is 10.8. The third kappa shape index (κ3) is 1.80. The maximum atomic E-state index is 8.84. The summed E-state index contributed by atoms with van der Waals surface area (Å²) >= 11 is 1.43. The molecular weight excluding hydrogens is 212 g/mol. The van der Waals surface area contributed by atoms with Gasteiger partial charge in [-0.3, -0.25) is 4.68 Å². The van der Waals surface area contributed by atoms with Gasteiger partial charge in [0.2, 0.25) is 5.13 Å². The number of aryl methyl sites for hydroxylation is 2. The lowest BCUT2D eigenvalue weighted by atomic mass is 10.4. The van der Waals surface area contributed by atoms with Crippen molar-refractivity contribution in [3.63, 3.8) is 0 Å². The van der Waals surface area contributed by atoms with Crippen LogP contribution in [-0.4, -0.2) is 20.0 Å². The number of nitrogens with one attached hydrogen (secondary N) is 1. The van der Waals surface area contributed by atoms with Crippen LogP contribution in [0, 0.1) is 18.3 Å². The third-order valence-corrected chi connectivity index (χ3v) is 2.56. The summed E-state index contributed by atoms with van der Waals surface area (Å²) in [6.07, 6.45) is 1.51. The molecule has 0 radical (unpaired) electrons. The molecule has 6 nitrogen and oxygen atoms in total. The largest absolute Gasteiger partial charge is 0.314 e. The van der Waals surface area contributed by atoms with Gasteiger partial charge >= 0.3 is 0 Å². The lowest BCUT2D eigenvalue weighted by Crippen LogP contribution is -2.00. The average Bonchev–Trinajstić information content (AvgIpc) is 2.76. The van der Waals surface area contributed by atoms with Crippen LogP contribution in [0.15, 0.2) is 6.20 Å².